The van der Waals surface area contributed by atoms with Crippen LogP contribution in [0.5, 0.6) is 5.75 Å². The molecule has 0 atom stereocenters. The van der Waals surface area contributed by atoms with E-state index in [1.54, 1.807) is 0 Å². The Morgan fingerprint density at radius 2 is 1.86 bits per heavy atom. The third-order valence-electron chi connectivity index (χ3n) is 3.15. The van der Waals surface area contributed by atoms with Gasteiger partial charge in [0.25, 0.3) is 5.89 Å². The number of carbonyl (C=O) groups is 1. The molecule has 0 aliphatic rings. The van der Waals surface area contributed by atoms with Crippen LogP contribution >= 0.6 is 0 Å². The number of Topliss-reactive ketones (excluding diaryl/α,β-unsaturated/α-hetero) is 1. The monoisotopic (exact) mass is 304 g/mol. The Balaban J connectivity index is 1.53. The zero-order valence-electron chi connectivity index (χ0n) is 12.4. The maximum Gasteiger partial charge on any atom is 0.284 e. The first-order chi connectivity index (χ1) is 10.8. The standard InChI is InChI=1S/C16H20N2O4/c19-12-15-17-18-16(22-15)14(20)10-6-1-2-7-11-21-13-8-4-3-5-9-13/h3-5,8-9,19H,1-2,6-7,10-12H2. The van der Waals surface area contributed by atoms with Gasteiger partial charge in [-0.3, -0.25) is 4.79 Å². The number of ketones is 1. The predicted octanol–water partition coefficient (Wildman–Crippen LogP) is 2.77. The zero-order valence-corrected chi connectivity index (χ0v) is 12.4. The fraction of sp³-hybridized carbons (Fsp3) is 0.438. The summed E-state index contributed by atoms with van der Waals surface area (Å²) < 4.78 is 10.6. The van der Waals surface area contributed by atoms with Crippen molar-refractivity contribution in [1.29, 1.82) is 0 Å². The highest BCUT2D eigenvalue weighted by Gasteiger charge is 2.13. The number of rotatable bonds is 10. The van der Waals surface area contributed by atoms with Crippen molar-refractivity contribution in [2.45, 2.75) is 38.7 Å². The number of carbonyl (C=O) groups excluding carboxylic acids is 1. The highest BCUT2D eigenvalue weighted by atomic mass is 16.5. The molecular weight excluding hydrogens is 284 g/mol. The minimum absolute atomic E-state index is 0.0172. The van der Waals surface area contributed by atoms with E-state index in [-0.39, 0.29) is 24.2 Å². The lowest BCUT2D eigenvalue weighted by molar-refractivity contribution is 0.0940. The lowest BCUT2D eigenvalue weighted by atomic mass is 10.1. The van der Waals surface area contributed by atoms with Crippen LogP contribution in [-0.4, -0.2) is 27.7 Å². The van der Waals surface area contributed by atoms with Crippen molar-refractivity contribution in [2.75, 3.05) is 6.61 Å². The Kier molecular flexibility index (Phi) is 6.57. The Labute approximate surface area is 129 Å². The van der Waals surface area contributed by atoms with Crippen LogP contribution in [0.15, 0.2) is 34.7 Å². The maximum absolute atomic E-state index is 11.7. The van der Waals surface area contributed by atoms with Gasteiger partial charge in [-0.05, 0) is 25.0 Å². The molecule has 6 heteroatoms. The third kappa shape index (κ3) is 5.29. The maximum atomic E-state index is 11.7. The Hall–Kier alpha value is -2.21. The summed E-state index contributed by atoms with van der Waals surface area (Å²) in [7, 11) is 0. The number of hydrogen-bond donors (Lipinski definition) is 1. The molecule has 0 unspecified atom stereocenters. The van der Waals surface area contributed by atoms with Crippen LogP contribution in [-0.2, 0) is 6.61 Å². The molecular formula is C16H20N2O4. The van der Waals surface area contributed by atoms with Gasteiger partial charge in [0.05, 0.1) is 6.61 Å². The van der Waals surface area contributed by atoms with Crippen molar-refractivity contribution in [1.82, 2.24) is 10.2 Å². The molecule has 2 aromatic rings. The molecule has 0 saturated heterocycles. The van der Waals surface area contributed by atoms with Crippen molar-refractivity contribution in [3.05, 3.63) is 42.1 Å². The summed E-state index contributed by atoms with van der Waals surface area (Å²) in [5, 5.41) is 15.9. The summed E-state index contributed by atoms with van der Waals surface area (Å²) >= 11 is 0. The summed E-state index contributed by atoms with van der Waals surface area (Å²) in [6.07, 6.45) is 4.07. The summed E-state index contributed by atoms with van der Waals surface area (Å²) in [4.78, 5) is 11.7. The molecule has 1 aromatic carbocycles. The second kappa shape index (κ2) is 8.94. The molecule has 0 spiro atoms. The number of ether oxygens (including phenoxy) is 1. The van der Waals surface area contributed by atoms with E-state index >= 15 is 0 Å². The van der Waals surface area contributed by atoms with Gasteiger partial charge in [0.1, 0.15) is 12.4 Å². The summed E-state index contributed by atoms with van der Waals surface area (Å²) in [5.74, 6) is 0.763. The van der Waals surface area contributed by atoms with Gasteiger partial charge >= 0.3 is 0 Å². The van der Waals surface area contributed by atoms with Crippen LogP contribution in [0, 0.1) is 0 Å². The smallest absolute Gasteiger partial charge is 0.284 e. The quantitative estimate of drug-likeness (QED) is 0.536. The minimum atomic E-state index is -0.346. The van der Waals surface area contributed by atoms with Gasteiger partial charge in [0.2, 0.25) is 11.7 Å². The van der Waals surface area contributed by atoms with Gasteiger partial charge in [-0.25, -0.2) is 0 Å². The molecule has 1 heterocycles. The second-order valence-corrected chi connectivity index (χ2v) is 4.91. The van der Waals surface area contributed by atoms with Crippen LogP contribution in [0.1, 0.15) is 48.7 Å². The molecule has 0 bridgehead atoms. The van der Waals surface area contributed by atoms with E-state index in [9.17, 15) is 4.79 Å². The van der Waals surface area contributed by atoms with E-state index in [0.717, 1.165) is 31.4 Å². The molecule has 1 N–H and O–H groups in total. The van der Waals surface area contributed by atoms with Crippen LogP contribution in [0.2, 0.25) is 0 Å². The van der Waals surface area contributed by atoms with Gasteiger partial charge in [-0.1, -0.05) is 31.0 Å². The molecule has 0 radical (unpaired) electrons. The van der Waals surface area contributed by atoms with E-state index in [1.165, 1.54) is 0 Å². The summed E-state index contributed by atoms with van der Waals surface area (Å²) in [6, 6.07) is 9.71. The van der Waals surface area contributed by atoms with Crippen molar-refractivity contribution in [3.8, 4) is 5.75 Å². The molecule has 0 aliphatic heterocycles. The van der Waals surface area contributed by atoms with Gasteiger partial charge in [-0.15, -0.1) is 10.2 Å². The average Bonchev–Trinajstić information content (AvgIpc) is 3.04. The highest BCUT2D eigenvalue weighted by Crippen LogP contribution is 2.11. The van der Waals surface area contributed by atoms with E-state index in [2.05, 4.69) is 10.2 Å². The van der Waals surface area contributed by atoms with E-state index in [4.69, 9.17) is 14.3 Å². The zero-order chi connectivity index (χ0) is 15.6. The fourth-order valence-electron chi connectivity index (χ4n) is 1.99. The average molecular weight is 304 g/mol. The molecule has 2 rings (SSSR count). The number of aliphatic hydroxyl groups excluding tert-OH is 1. The summed E-state index contributed by atoms with van der Waals surface area (Å²) in [5.41, 5.74) is 0. The first kappa shape index (κ1) is 16.2. The van der Waals surface area contributed by atoms with E-state index in [1.807, 2.05) is 30.3 Å². The van der Waals surface area contributed by atoms with Crippen LogP contribution in [0.25, 0.3) is 0 Å². The molecule has 22 heavy (non-hydrogen) atoms. The van der Waals surface area contributed by atoms with Crippen LogP contribution < -0.4 is 4.74 Å². The van der Waals surface area contributed by atoms with Gasteiger partial charge in [0, 0.05) is 6.42 Å². The number of aromatic nitrogens is 2. The number of benzene rings is 1. The molecule has 118 valence electrons. The fourth-order valence-corrected chi connectivity index (χ4v) is 1.99. The lowest BCUT2D eigenvalue weighted by Crippen LogP contribution is -2.00. The Bertz CT molecular complexity index is 569. The van der Waals surface area contributed by atoms with Crippen molar-refractivity contribution >= 4 is 5.78 Å². The molecule has 0 saturated carbocycles. The van der Waals surface area contributed by atoms with E-state index in [0.29, 0.717) is 13.0 Å². The Morgan fingerprint density at radius 1 is 1.09 bits per heavy atom. The van der Waals surface area contributed by atoms with Gasteiger partial charge < -0.3 is 14.3 Å². The summed E-state index contributed by atoms with van der Waals surface area (Å²) in [6.45, 7) is 0.336. The number of unbranched alkanes of at least 4 members (excludes halogenated alkanes) is 3. The largest absolute Gasteiger partial charge is 0.494 e. The third-order valence-corrected chi connectivity index (χ3v) is 3.15. The van der Waals surface area contributed by atoms with Crippen molar-refractivity contribution < 1.29 is 19.1 Å². The topological polar surface area (TPSA) is 85.5 Å². The van der Waals surface area contributed by atoms with Crippen LogP contribution in [0.4, 0.5) is 0 Å². The SMILES string of the molecule is O=C(CCCCCCOc1ccccc1)c1nnc(CO)o1. The normalized spacial score (nSPS) is 10.6. The molecule has 1 aromatic heterocycles. The number of para-hydroxylation sites is 1. The predicted molar refractivity (Wildman–Crippen MR) is 79.6 cm³/mol. The van der Waals surface area contributed by atoms with Crippen LogP contribution in [0.3, 0.4) is 0 Å². The number of aliphatic hydroxyl groups is 1. The van der Waals surface area contributed by atoms with Crippen molar-refractivity contribution in [2.24, 2.45) is 0 Å². The number of hydrogen-bond acceptors (Lipinski definition) is 6. The van der Waals surface area contributed by atoms with Gasteiger partial charge in [-0.2, -0.15) is 0 Å². The molecule has 0 amide bonds. The first-order valence-electron chi connectivity index (χ1n) is 7.44. The minimum Gasteiger partial charge on any atom is -0.494 e. The van der Waals surface area contributed by atoms with Crippen molar-refractivity contribution in [3.63, 3.8) is 0 Å². The molecule has 0 fully saturated rings. The molecule has 0 aliphatic carbocycles. The molecule has 6 nitrogen and oxygen atoms in total. The number of nitrogens with zero attached hydrogens (tertiary/aromatic N) is 2. The second-order valence-electron chi connectivity index (χ2n) is 4.91. The lowest BCUT2D eigenvalue weighted by Gasteiger charge is -2.05. The first-order valence-corrected chi connectivity index (χ1v) is 7.44. The van der Waals surface area contributed by atoms with Gasteiger partial charge in [0.15, 0.2) is 0 Å². The highest BCUT2D eigenvalue weighted by molar-refractivity contribution is 5.91. The van der Waals surface area contributed by atoms with E-state index < -0.39 is 0 Å². The Morgan fingerprint density at radius 3 is 2.59 bits per heavy atom.